The quantitative estimate of drug-likeness (QED) is 0.534. The first-order valence-electron chi connectivity index (χ1n) is 5.42. The number of hydrogen-bond donors (Lipinski definition) is 2. The Bertz CT molecular complexity index is 223. The fourth-order valence-electron chi connectivity index (χ4n) is 2.42. The number of rotatable bonds is 3. The fraction of sp³-hybridized carbons (Fsp3) is 0.909. The minimum atomic E-state index is 0.180. The van der Waals surface area contributed by atoms with Gasteiger partial charge in [-0.25, -0.2) is 0 Å². The molecule has 1 aliphatic rings. The Morgan fingerprint density at radius 1 is 1.64 bits per heavy atom. The highest BCUT2D eigenvalue weighted by Crippen LogP contribution is 2.32. The van der Waals surface area contributed by atoms with Gasteiger partial charge in [-0.2, -0.15) is 0 Å². The summed E-state index contributed by atoms with van der Waals surface area (Å²) in [6.45, 7) is 10.9. The monoisotopic (exact) mass is 197 g/mol. The molecule has 0 radical (unpaired) electrons. The molecule has 3 heteroatoms. The molecule has 0 aromatic rings. The highest BCUT2D eigenvalue weighted by atomic mass is 15.2. The largest absolute Gasteiger partial charge is 0.387 e. The van der Waals surface area contributed by atoms with Gasteiger partial charge in [0.2, 0.25) is 0 Å². The Labute approximate surface area is 87.2 Å². The van der Waals surface area contributed by atoms with Crippen molar-refractivity contribution in [3.63, 3.8) is 0 Å². The second-order valence-corrected chi connectivity index (χ2v) is 5.38. The minimum Gasteiger partial charge on any atom is -0.387 e. The summed E-state index contributed by atoms with van der Waals surface area (Å²) in [6.07, 6.45) is 1.25. The highest BCUT2D eigenvalue weighted by Gasteiger charge is 2.36. The molecular weight excluding hydrogens is 174 g/mol. The van der Waals surface area contributed by atoms with E-state index in [0.717, 1.165) is 19.0 Å². The maximum absolute atomic E-state index is 7.40. The third-order valence-corrected chi connectivity index (χ3v) is 3.26. The third-order valence-electron chi connectivity index (χ3n) is 3.26. The molecule has 3 nitrogen and oxygen atoms in total. The van der Waals surface area contributed by atoms with Crippen molar-refractivity contribution in [2.45, 2.75) is 39.7 Å². The van der Waals surface area contributed by atoms with Gasteiger partial charge in [0.15, 0.2) is 0 Å². The van der Waals surface area contributed by atoms with Crippen molar-refractivity contribution in [1.82, 2.24) is 4.90 Å². The molecule has 0 aliphatic carbocycles. The van der Waals surface area contributed by atoms with Crippen LogP contribution in [-0.2, 0) is 0 Å². The molecule has 14 heavy (non-hydrogen) atoms. The molecule has 0 amide bonds. The lowest BCUT2D eigenvalue weighted by molar-refractivity contribution is 0.164. The van der Waals surface area contributed by atoms with Crippen LogP contribution in [0.4, 0.5) is 0 Å². The smallest absolute Gasteiger partial charge is 0.0947 e. The SMILES string of the molecule is CC1CN(CC(C)C(=N)N)C(C)(C)C1. The maximum Gasteiger partial charge on any atom is 0.0947 e. The predicted octanol–water partition coefficient (Wildman–Crippen LogP) is 1.68. The molecule has 0 spiro atoms. The average Bonchev–Trinajstić information content (AvgIpc) is 2.24. The van der Waals surface area contributed by atoms with Crippen LogP contribution in [0.25, 0.3) is 0 Å². The van der Waals surface area contributed by atoms with Gasteiger partial charge in [0.25, 0.3) is 0 Å². The van der Waals surface area contributed by atoms with Gasteiger partial charge in [0, 0.05) is 24.5 Å². The molecule has 1 fully saturated rings. The zero-order valence-corrected chi connectivity index (χ0v) is 9.80. The fourth-order valence-corrected chi connectivity index (χ4v) is 2.42. The van der Waals surface area contributed by atoms with Crippen molar-refractivity contribution < 1.29 is 0 Å². The van der Waals surface area contributed by atoms with Crippen molar-refractivity contribution in [2.24, 2.45) is 17.6 Å². The van der Waals surface area contributed by atoms with Gasteiger partial charge in [-0.15, -0.1) is 0 Å². The minimum absolute atomic E-state index is 0.180. The van der Waals surface area contributed by atoms with E-state index in [1.165, 1.54) is 6.42 Å². The molecule has 3 N–H and O–H groups in total. The van der Waals surface area contributed by atoms with Crippen LogP contribution in [-0.4, -0.2) is 29.4 Å². The van der Waals surface area contributed by atoms with E-state index in [1.54, 1.807) is 0 Å². The topological polar surface area (TPSA) is 53.1 Å². The van der Waals surface area contributed by atoms with Crippen molar-refractivity contribution in [1.29, 1.82) is 5.41 Å². The van der Waals surface area contributed by atoms with Gasteiger partial charge < -0.3 is 5.73 Å². The maximum atomic E-state index is 7.40. The van der Waals surface area contributed by atoms with Crippen LogP contribution in [0.5, 0.6) is 0 Å². The summed E-state index contributed by atoms with van der Waals surface area (Å²) in [7, 11) is 0. The average molecular weight is 197 g/mol. The Kier molecular flexibility index (Phi) is 3.20. The van der Waals surface area contributed by atoms with Crippen LogP contribution in [0.1, 0.15) is 34.1 Å². The van der Waals surface area contributed by atoms with Gasteiger partial charge >= 0.3 is 0 Å². The van der Waals surface area contributed by atoms with E-state index >= 15 is 0 Å². The molecule has 2 atom stereocenters. The second kappa shape index (κ2) is 3.89. The normalized spacial score (nSPS) is 29.0. The van der Waals surface area contributed by atoms with Crippen molar-refractivity contribution >= 4 is 5.84 Å². The first-order chi connectivity index (χ1) is 6.33. The van der Waals surface area contributed by atoms with E-state index in [9.17, 15) is 0 Å². The van der Waals surface area contributed by atoms with Gasteiger partial charge in [-0.05, 0) is 26.2 Å². The first kappa shape index (κ1) is 11.5. The number of nitrogens with one attached hydrogen (secondary N) is 1. The Balaban J connectivity index is 2.56. The molecule has 1 aliphatic heterocycles. The van der Waals surface area contributed by atoms with E-state index in [1.807, 2.05) is 6.92 Å². The number of hydrogen-bond acceptors (Lipinski definition) is 2. The highest BCUT2D eigenvalue weighted by molar-refractivity contribution is 5.79. The third kappa shape index (κ3) is 2.47. The summed E-state index contributed by atoms with van der Waals surface area (Å²) in [6, 6.07) is 0. The summed E-state index contributed by atoms with van der Waals surface area (Å²) in [4.78, 5) is 2.46. The number of amidine groups is 1. The Morgan fingerprint density at radius 3 is 2.57 bits per heavy atom. The van der Waals surface area contributed by atoms with E-state index in [2.05, 4.69) is 25.7 Å². The van der Waals surface area contributed by atoms with Crippen molar-refractivity contribution in [3.05, 3.63) is 0 Å². The lowest BCUT2D eigenvalue weighted by Crippen LogP contribution is -2.43. The Hall–Kier alpha value is -0.570. The molecule has 1 rings (SSSR count). The zero-order valence-electron chi connectivity index (χ0n) is 9.80. The number of nitrogens with zero attached hydrogens (tertiary/aromatic N) is 1. The second-order valence-electron chi connectivity index (χ2n) is 5.38. The number of likely N-dealkylation sites (tertiary alicyclic amines) is 1. The van der Waals surface area contributed by atoms with Crippen molar-refractivity contribution in [2.75, 3.05) is 13.1 Å². The molecule has 1 heterocycles. The summed E-state index contributed by atoms with van der Waals surface area (Å²) < 4.78 is 0. The van der Waals surface area contributed by atoms with Gasteiger partial charge in [0.1, 0.15) is 0 Å². The van der Waals surface area contributed by atoms with E-state index in [-0.39, 0.29) is 11.5 Å². The predicted molar refractivity (Wildman–Crippen MR) is 60.5 cm³/mol. The summed E-state index contributed by atoms with van der Waals surface area (Å²) in [5.41, 5.74) is 5.77. The van der Waals surface area contributed by atoms with Gasteiger partial charge in [-0.3, -0.25) is 10.3 Å². The summed E-state index contributed by atoms with van der Waals surface area (Å²) in [5, 5.41) is 7.40. The van der Waals surface area contributed by atoms with E-state index in [0.29, 0.717) is 5.84 Å². The Morgan fingerprint density at radius 2 is 2.21 bits per heavy atom. The van der Waals surface area contributed by atoms with E-state index < -0.39 is 0 Å². The summed E-state index contributed by atoms with van der Waals surface area (Å²) in [5.74, 6) is 1.25. The molecule has 0 bridgehead atoms. The molecule has 1 saturated heterocycles. The van der Waals surface area contributed by atoms with Gasteiger partial charge in [-0.1, -0.05) is 13.8 Å². The number of nitrogens with two attached hydrogens (primary N) is 1. The molecule has 82 valence electrons. The van der Waals surface area contributed by atoms with Gasteiger partial charge in [0.05, 0.1) is 5.84 Å². The first-order valence-corrected chi connectivity index (χ1v) is 5.42. The van der Waals surface area contributed by atoms with Crippen LogP contribution in [0.2, 0.25) is 0 Å². The zero-order chi connectivity index (χ0) is 10.9. The molecule has 0 saturated carbocycles. The van der Waals surface area contributed by atoms with E-state index in [4.69, 9.17) is 11.1 Å². The summed E-state index contributed by atoms with van der Waals surface area (Å²) >= 11 is 0. The van der Waals surface area contributed by atoms with Crippen LogP contribution in [0.15, 0.2) is 0 Å². The van der Waals surface area contributed by atoms with Crippen LogP contribution in [0, 0.1) is 17.2 Å². The standard InChI is InChI=1S/C11H23N3/c1-8-5-11(3,4)14(6-8)7-9(2)10(12)13/h8-9H,5-7H2,1-4H3,(H3,12,13). The molecular formula is C11H23N3. The van der Waals surface area contributed by atoms with Crippen LogP contribution >= 0.6 is 0 Å². The lowest BCUT2D eigenvalue weighted by atomic mass is 9.97. The van der Waals surface area contributed by atoms with Crippen LogP contribution < -0.4 is 5.73 Å². The molecule has 0 aromatic heterocycles. The molecule has 2 unspecified atom stereocenters. The molecule has 0 aromatic carbocycles. The van der Waals surface area contributed by atoms with Crippen molar-refractivity contribution in [3.8, 4) is 0 Å². The lowest BCUT2D eigenvalue weighted by Gasteiger charge is -2.33. The van der Waals surface area contributed by atoms with Crippen LogP contribution in [0.3, 0.4) is 0 Å².